The molecule has 2 aromatic rings. The van der Waals surface area contributed by atoms with Crippen LogP contribution in [0.3, 0.4) is 0 Å². The van der Waals surface area contributed by atoms with Crippen molar-refractivity contribution in [3.8, 4) is 11.5 Å². The van der Waals surface area contributed by atoms with Crippen LogP contribution in [0.5, 0.6) is 11.5 Å². The first-order valence-electron chi connectivity index (χ1n) is 13.3. The predicted molar refractivity (Wildman–Crippen MR) is 146 cm³/mol. The van der Waals surface area contributed by atoms with E-state index in [0.29, 0.717) is 0 Å². The van der Waals surface area contributed by atoms with Gasteiger partial charge in [0.1, 0.15) is 30.8 Å². The predicted octanol–water partition coefficient (Wildman–Crippen LogP) is 2.43. The van der Waals surface area contributed by atoms with Crippen LogP contribution in [0.1, 0.15) is 50.5 Å². The number of ether oxygens (including phenoxy) is 8. The number of rotatable bonds is 11. The Bertz CT molecular complexity index is 1370. The van der Waals surface area contributed by atoms with Crippen LogP contribution in [0.15, 0.2) is 48.5 Å². The molecule has 1 aliphatic rings. The van der Waals surface area contributed by atoms with E-state index in [1.165, 1.54) is 25.1 Å². The number of carbonyl (C=O) groups excluding carboxylic acids is 6. The first-order valence-corrected chi connectivity index (χ1v) is 13.3. The molecule has 0 spiro atoms. The van der Waals surface area contributed by atoms with Gasteiger partial charge in [-0.15, -0.1) is 0 Å². The molecule has 1 saturated heterocycles. The Balaban J connectivity index is 2.01. The summed E-state index contributed by atoms with van der Waals surface area (Å²) in [5, 5.41) is 0. The Kier molecular flexibility index (Phi) is 11.8. The maximum atomic E-state index is 12.6. The molecular formula is C30H32O14. The minimum absolute atomic E-state index is 0.0302. The number of carbonyl (C=O) groups is 6. The van der Waals surface area contributed by atoms with E-state index in [4.69, 9.17) is 37.9 Å². The summed E-state index contributed by atoms with van der Waals surface area (Å²) in [5.41, 5.74) is 0.492. The highest BCUT2D eigenvalue weighted by atomic mass is 16.7. The van der Waals surface area contributed by atoms with E-state index in [9.17, 15) is 28.8 Å². The average molecular weight is 617 g/mol. The molecule has 14 heteroatoms. The monoisotopic (exact) mass is 616 g/mol. The van der Waals surface area contributed by atoms with Crippen molar-refractivity contribution in [1.29, 1.82) is 0 Å². The standard InChI is InChI=1S/C30H32O14/c1-16(31)37-15-25-26(40-18(3)33)27(41-19(4)34)28(42-20(5)35)30(44-25)43-24-12-11-23(39-17(2)32)13-22(24)14-38-29(36)21-9-7-6-8-10-21/h6-13,25-28,30H,14-15H2,1-5H3/t25-,26-,27+,28-,30-/m1/s1. The van der Waals surface area contributed by atoms with Gasteiger partial charge < -0.3 is 37.9 Å². The second-order valence-corrected chi connectivity index (χ2v) is 9.49. The highest BCUT2D eigenvalue weighted by molar-refractivity contribution is 5.89. The van der Waals surface area contributed by atoms with E-state index in [-0.39, 0.29) is 29.2 Å². The largest absolute Gasteiger partial charge is 0.463 e. The van der Waals surface area contributed by atoms with Crippen molar-refractivity contribution in [2.75, 3.05) is 6.61 Å². The van der Waals surface area contributed by atoms with Crippen molar-refractivity contribution >= 4 is 35.8 Å². The summed E-state index contributed by atoms with van der Waals surface area (Å²) in [4.78, 5) is 72.0. The maximum Gasteiger partial charge on any atom is 0.338 e. The van der Waals surface area contributed by atoms with Crippen LogP contribution < -0.4 is 9.47 Å². The number of hydrogen-bond acceptors (Lipinski definition) is 14. The van der Waals surface area contributed by atoms with Crippen LogP contribution in [0, 0.1) is 0 Å². The van der Waals surface area contributed by atoms with Gasteiger partial charge >= 0.3 is 35.8 Å². The van der Waals surface area contributed by atoms with E-state index in [2.05, 4.69) is 0 Å². The molecule has 1 heterocycles. The number of hydrogen-bond donors (Lipinski definition) is 0. The number of benzene rings is 2. The van der Waals surface area contributed by atoms with Gasteiger partial charge in [0.25, 0.3) is 0 Å². The van der Waals surface area contributed by atoms with E-state index >= 15 is 0 Å². The molecule has 0 aliphatic carbocycles. The lowest BCUT2D eigenvalue weighted by Gasteiger charge is -2.44. The fourth-order valence-electron chi connectivity index (χ4n) is 4.22. The van der Waals surface area contributed by atoms with Crippen molar-refractivity contribution in [3.63, 3.8) is 0 Å². The third-order valence-corrected chi connectivity index (χ3v) is 5.85. The Morgan fingerprint density at radius 1 is 0.682 bits per heavy atom. The van der Waals surface area contributed by atoms with Crippen LogP contribution in [-0.2, 0) is 59.0 Å². The summed E-state index contributed by atoms with van der Waals surface area (Å²) in [5.74, 6) is -4.20. The van der Waals surface area contributed by atoms with Gasteiger partial charge in [-0.05, 0) is 30.3 Å². The molecule has 5 atom stereocenters. The zero-order chi connectivity index (χ0) is 32.4. The summed E-state index contributed by atoms with van der Waals surface area (Å²) in [7, 11) is 0. The first kappa shape index (κ1) is 33.5. The van der Waals surface area contributed by atoms with Gasteiger partial charge in [-0.1, -0.05) is 18.2 Å². The smallest absolute Gasteiger partial charge is 0.338 e. The second-order valence-electron chi connectivity index (χ2n) is 9.49. The molecule has 1 aliphatic heterocycles. The summed E-state index contributed by atoms with van der Waals surface area (Å²) < 4.78 is 44.0. The van der Waals surface area contributed by atoms with Gasteiger partial charge in [0.05, 0.1) is 5.56 Å². The van der Waals surface area contributed by atoms with Gasteiger partial charge in [0.2, 0.25) is 12.4 Å². The Morgan fingerprint density at radius 2 is 1.30 bits per heavy atom. The van der Waals surface area contributed by atoms with Crippen LogP contribution in [0.25, 0.3) is 0 Å². The third-order valence-electron chi connectivity index (χ3n) is 5.85. The summed E-state index contributed by atoms with van der Waals surface area (Å²) >= 11 is 0. The zero-order valence-electron chi connectivity index (χ0n) is 24.6. The lowest BCUT2D eigenvalue weighted by Crippen LogP contribution is -2.63. The fraction of sp³-hybridized carbons (Fsp3) is 0.400. The van der Waals surface area contributed by atoms with E-state index < -0.39 is 73.1 Å². The molecule has 44 heavy (non-hydrogen) atoms. The molecule has 0 saturated carbocycles. The summed E-state index contributed by atoms with van der Waals surface area (Å²) in [6.45, 7) is 4.83. The van der Waals surface area contributed by atoms with Crippen LogP contribution in [0.2, 0.25) is 0 Å². The van der Waals surface area contributed by atoms with Crippen LogP contribution in [-0.4, -0.2) is 73.1 Å². The van der Waals surface area contributed by atoms with E-state index in [1.54, 1.807) is 30.3 Å². The minimum Gasteiger partial charge on any atom is -0.463 e. The minimum atomic E-state index is -1.54. The average Bonchev–Trinajstić information content (AvgIpc) is 2.94. The van der Waals surface area contributed by atoms with Gasteiger partial charge in [-0.3, -0.25) is 24.0 Å². The molecule has 14 nitrogen and oxygen atoms in total. The molecule has 0 N–H and O–H groups in total. The summed E-state index contributed by atoms with van der Waals surface area (Å²) in [6, 6.07) is 12.4. The summed E-state index contributed by atoms with van der Waals surface area (Å²) in [6.07, 6.45) is -7.12. The maximum absolute atomic E-state index is 12.6. The van der Waals surface area contributed by atoms with Gasteiger partial charge in [-0.2, -0.15) is 0 Å². The van der Waals surface area contributed by atoms with Crippen LogP contribution >= 0.6 is 0 Å². The van der Waals surface area contributed by atoms with Crippen molar-refractivity contribution in [3.05, 3.63) is 59.7 Å². The van der Waals surface area contributed by atoms with Gasteiger partial charge in [0, 0.05) is 40.2 Å². The molecule has 0 radical (unpaired) electrons. The molecule has 1 fully saturated rings. The SMILES string of the molecule is CC(=O)OC[C@H]1O[C@@H](Oc2ccc(OC(C)=O)cc2COC(=O)c2ccccc2)[C@H](OC(C)=O)[C@@H](OC(C)=O)[C@@H]1OC(C)=O. The molecule has 0 aromatic heterocycles. The molecule has 236 valence electrons. The van der Waals surface area contributed by atoms with Gasteiger partial charge in [-0.25, -0.2) is 4.79 Å². The molecule has 0 amide bonds. The zero-order valence-corrected chi connectivity index (χ0v) is 24.6. The normalized spacial score (nSPS) is 20.8. The van der Waals surface area contributed by atoms with Gasteiger partial charge in [0.15, 0.2) is 12.2 Å². The van der Waals surface area contributed by atoms with Crippen molar-refractivity contribution in [1.82, 2.24) is 0 Å². The Morgan fingerprint density at radius 3 is 1.89 bits per heavy atom. The van der Waals surface area contributed by atoms with E-state index in [1.807, 2.05) is 0 Å². The molecule has 2 aromatic carbocycles. The highest BCUT2D eigenvalue weighted by Crippen LogP contribution is 2.33. The lowest BCUT2D eigenvalue weighted by atomic mass is 9.98. The van der Waals surface area contributed by atoms with Crippen molar-refractivity contribution < 1.29 is 66.7 Å². The molecule has 3 rings (SSSR count). The van der Waals surface area contributed by atoms with E-state index in [0.717, 1.165) is 27.7 Å². The molecule has 0 unspecified atom stereocenters. The first-order chi connectivity index (χ1) is 20.8. The molecular weight excluding hydrogens is 584 g/mol. The Hall–Kier alpha value is -4.98. The fourth-order valence-corrected chi connectivity index (χ4v) is 4.22. The van der Waals surface area contributed by atoms with Crippen molar-refractivity contribution in [2.45, 2.75) is 71.9 Å². The second kappa shape index (κ2) is 15.5. The number of esters is 6. The quantitative estimate of drug-likeness (QED) is 0.204. The third kappa shape index (κ3) is 9.80. The Labute approximate surface area is 252 Å². The topological polar surface area (TPSA) is 176 Å². The van der Waals surface area contributed by atoms with Crippen molar-refractivity contribution in [2.24, 2.45) is 0 Å². The highest BCUT2D eigenvalue weighted by Gasteiger charge is 2.53. The molecule has 0 bridgehead atoms. The lowest BCUT2D eigenvalue weighted by molar-refractivity contribution is -0.288. The van der Waals surface area contributed by atoms with Crippen LogP contribution in [0.4, 0.5) is 0 Å².